The molecule has 0 spiro atoms. The lowest BCUT2D eigenvalue weighted by Gasteiger charge is -2.22. The highest BCUT2D eigenvalue weighted by Gasteiger charge is 2.16. The number of hydrogen-bond donors (Lipinski definition) is 1. The van der Waals surface area contributed by atoms with Gasteiger partial charge in [0.05, 0.1) is 25.2 Å². The van der Waals surface area contributed by atoms with Gasteiger partial charge in [-0.25, -0.2) is 0 Å². The molecule has 0 radical (unpaired) electrons. The van der Waals surface area contributed by atoms with Crippen molar-refractivity contribution in [2.45, 2.75) is 19.4 Å². The van der Waals surface area contributed by atoms with Gasteiger partial charge in [0.2, 0.25) is 0 Å². The van der Waals surface area contributed by atoms with Crippen LogP contribution in [0.4, 0.5) is 5.69 Å². The van der Waals surface area contributed by atoms with Crippen molar-refractivity contribution in [3.63, 3.8) is 0 Å². The average Bonchev–Trinajstić information content (AvgIpc) is 2.48. The third-order valence-electron chi connectivity index (χ3n) is 3.46. The maximum atomic E-state index is 10.9. The van der Waals surface area contributed by atoms with E-state index in [4.69, 9.17) is 9.47 Å². The molecule has 1 aromatic rings. The zero-order valence-corrected chi connectivity index (χ0v) is 11.6. The quantitative estimate of drug-likeness (QED) is 0.638. The second kappa shape index (κ2) is 7.21. The molecule has 0 saturated carbocycles. The Kier molecular flexibility index (Phi) is 5.31. The normalized spacial score (nSPS) is 18.8. The Hall–Kier alpha value is -1.66. The molecule has 0 bridgehead atoms. The molecule has 1 atom stereocenters. The molecule has 0 aromatic heterocycles. The summed E-state index contributed by atoms with van der Waals surface area (Å²) in [5, 5.41) is 14.3. The van der Waals surface area contributed by atoms with Crippen LogP contribution in [0.25, 0.3) is 0 Å². The molecule has 1 N–H and O–H groups in total. The Morgan fingerprint density at radius 1 is 1.50 bits per heavy atom. The van der Waals surface area contributed by atoms with E-state index in [1.165, 1.54) is 26.0 Å². The van der Waals surface area contributed by atoms with Gasteiger partial charge in [0, 0.05) is 12.6 Å². The maximum absolute atomic E-state index is 10.9. The van der Waals surface area contributed by atoms with Gasteiger partial charge in [-0.1, -0.05) is 6.07 Å². The van der Waals surface area contributed by atoms with Crippen LogP contribution in [0.1, 0.15) is 18.4 Å². The molecule has 0 amide bonds. The third kappa shape index (κ3) is 3.91. The predicted molar refractivity (Wildman–Crippen MR) is 74.9 cm³/mol. The number of methoxy groups -OCH3 is 1. The van der Waals surface area contributed by atoms with Crippen LogP contribution in [0, 0.1) is 16.0 Å². The Balaban J connectivity index is 1.89. The fourth-order valence-electron chi connectivity index (χ4n) is 2.38. The van der Waals surface area contributed by atoms with Gasteiger partial charge >= 0.3 is 5.69 Å². The number of nitrogens with one attached hydrogen (secondary N) is 1. The van der Waals surface area contributed by atoms with Crippen LogP contribution >= 0.6 is 0 Å². The van der Waals surface area contributed by atoms with Gasteiger partial charge in [-0.15, -0.1) is 0 Å². The molecule has 20 heavy (non-hydrogen) atoms. The first-order valence-electron chi connectivity index (χ1n) is 6.80. The molecule has 2 rings (SSSR count). The second-order valence-corrected chi connectivity index (χ2v) is 4.99. The van der Waals surface area contributed by atoms with E-state index in [0.717, 1.165) is 18.7 Å². The smallest absolute Gasteiger partial charge is 0.311 e. The standard InChI is InChI=1S/C14H20N2O4/c1-19-14-5-4-11(7-13(14)16(17)18)9-20-10-12-3-2-6-15-8-12/h4-5,7,12,15H,2-3,6,8-10H2,1H3. The molecule has 1 fully saturated rings. The highest BCUT2D eigenvalue weighted by atomic mass is 16.6. The first-order chi connectivity index (χ1) is 9.70. The van der Waals surface area contributed by atoms with Crippen molar-refractivity contribution in [3.8, 4) is 5.75 Å². The number of ether oxygens (including phenoxy) is 2. The summed E-state index contributed by atoms with van der Waals surface area (Å²) in [7, 11) is 1.43. The van der Waals surface area contributed by atoms with Crippen molar-refractivity contribution >= 4 is 5.69 Å². The first kappa shape index (κ1) is 14.7. The van der Waals surface area contributed by atoms with E-state index in [2.05, 4.69) is 5.32 Å². The van der Waals surface area contributed by atoms with Crippen molar-refractivity contribution in [2.75, 3.05) is 26.8 Å². The minimum atomic E-state index is -0.437. The van der Waals surface area contributed by atoms with Gasteiger partial charge in [-0.05, 0) is 36.9 Å². The molecule has 1 heterocycles. The Morgan fingerprint density at radius 3 is 3.00 bits per heavy atom. The highest BCUT2D eigenvalue weighted by Crippen LogP contribution is 2.27. The van der Waals surface area contributed by atoms with Crippen LogP contribution in [0.2, 0.25) is 0 Å². The van der Waals surface area contributed by atoms with E-state index in [-0.39, 0.29) is 11.4 Å². The van der Waals surface area contributed by atoms with Gasteiger partial charge in [-0.3, -0.25) is 10.1 Å². The SMILES string of the molecule is COc1ccc(COCC2CCCNC2)cc1[N+](=O)[O-]. The van der Waals surface area contributed by atoms with E-state index in [0.29, 0.717) is 19.1 Å². The summed E-state index contributed by atoms with van der Waals surface area (Å²) < 4.78 is 10.6. The van der Waals surface area contributed by atoms with Crippen LogP contribution in [0.3, 0.4) is 0 Å². The summed E-state index contributed by atoms with van der Waals surface area (Å²) in [6.45, 7) is 3.15. The largest absolute Gasteiger partial charge is 0.490 e. The number of rotatable bonds is 6. The van der Waals surface area contributed by atoms with Gasteiger partial charge < -0.3 is 14.8 Å². The lowest BCUT2D eigenvalue weighted by molar-refractivity contribution is -0.385. The molecule has 1 unspecified atom stereocenters. The van der Waals surface area contributed by atoms with Crippen molar-refractivity contribution in [3.05, 3.63) is 33.9 Å². The number of nitro groups is 1. The topological polar surface area (TPSA) is 73.6 Å². The number of hydrogen-bond acceptors (Lipinski definition) is 5. The monoisotopic (exact) mass is 280 g/mol. The van der Waals surface area contributed by atoms with Crippen LogP contribution < -0.4 is 10.1 Å². The van der Waals surface area contributed by atoms with Gasteiger partial charge in [-0.2, -0.15) is 0 Å². The minimum absolute atomic E-state index is 0.0204. The fourth-order valence-corrected chi connectivity index (χ4v) is 2.38. The summed E-state index contributed by atoms with van der Waals surface area (Å²) in [5.41, 5.74) is 0.772. The summed E-state index contributed by atoms with van der Waals surface area (Å²) in [5.74, 6) is 0.812. The molecule has 110 valence electrons. The van der Waals surface area contributed by atoms with Crippen LogP contribution in [0.15, 0.2) is 18.2 Å². The summed E-state index contributed by atoms with van der Waals surface area (Å²) in [6, 6.07) is 4.92. The molecule has 0 aliphatic carbocycles. The second-order valence-electron chi connectivity index (χ2n) is 4.99. The van der Waals surface area contributed by atoms with E-state index >= 15 is 0 Å². The Labute approximate surface area is 118 Å². The van der Waals surface area contributed by atoms with E-state index in [9.17, 15) is 10.1 Å². The summed E-state index contributed by atoms with van der Waals surface area (Å²) in [4.78, 5) is 10.5. The third-order valence-corrected chi connectivity index (χ3v) is 3.46. The summed E-state index contributed by atoms with van der Waals surface area (Å²) in [6.07, 6.45) is 2.36. The summed E-state index contributed by atoms with van der Waals surface area (Å²) >= 11 is 0. The van der Waals surface area contributed by atoms with Crippen molar-refractivity contribution in [2.24, 2.45) is 5.92 Å². The number of nitrogens with zero attached hydrogens (tertiary/aromatic N) is 1. The number of piperidine rings is 1. The van der Waals surface area contributed by atoms with Crippen LogP contribution in [-0.4, -0.2) is 31.7 Å². The molecular weight excluding hydrogens is 260 g/mol. The van der Waals surface area contributed by atoms with Crippen LogP contribution in [-0.2, 0) is 11.3 Å². The first-order valence-corrected chi connectivity index (χ1v) is 6.80. The maximum Gasteiger partial charge on any atom is 0.311 e. The van der Waals surface area contributed by atoms with Crippen molar-refractivity contribution < 1.29 is 14.4 Å². The predicted octanol–water partition coefficient (Wildman–Crippen LogP) is 2.12. The van der Waals surface area contributed by atoms with Crippen molar-refractivity contribution in [1.82, 2.24) is 5.32 Å². The molecule has 1 aliphatic rings. The van der Waals surface area contributed by atoms with E-state index in [1.54, 1.807) is 12.1 Å². The minimum Gasteiger partial charge on any atom is -0.490 e. The average molecular weight is 280 g/mol. The Bertz CT molecular complexity index is 458. The molecule has 1 aliphatic heterocycles. The van der Waals surface area contributed by atoms with Gasteiger partial charge in [0.1, 0.15) is 0 Å². The van der Waals surface area contributed by atoms with Gasteiger partial charge in [0.25, 0.3) is 0 Å². The molecule has 1 saturated heterocycles. The van der Waals surface area contributed by atoms with Crippen molar-refractivity contribution in [1.29, 1.82) is 0 Å². The van der Waals surface area contributed by atoms with Gasteiger partial charge in [0.15, 0.2) is 5.75 Å². The molecule has 6 nitrogen and oxygen atoms in total. The van der Waals surface area contributed by atoms with E-state index in [1.807, 2.05) is 0 Å². The van der Waals surface area contributed by atoms with Crippen LogP contribution in [0.5, 0.6) is 5.75 Å². The zero-order chi connectivity index (χ0) is 14.4. The van der Waals surface area contributed by atoms with E-state index < -0.39 is 4.92 Å². The number of nitro benzene ring substituents is 1. The Morgan fingerprint density at radius 2 is 2.35 bits per heavy atom. The number of benzene rings is 1. The molecular formula is C14H20N2O4. The zero-order valence-electron chi connectivity index (χ0n) is 11.6. The lowest BCUT2D eigenvalue weighted by atomic mass is 10.0. The molecule has 1 aromatic carbocycles. The molecule has 6 heteroatoms. The highest BCUT2D eigenvalue weighted by molar-refractivity contribution is 5.48. The lowest BCUT2D eigenvalue weighted by Crippen LogP contribution is -2.32. The fraction of sp³-hybridized carbons (Fsp3) is 0.571.